The monoisotopic (exact) mass is 348 g/mol. The van der Waals surface area contributed by atoms with Crippen LogP contribution < -0.4 is 0 Å². The molecule has 1 heterocycles. The van der Waals surface area contributed by atoms with Crippen molar-refractivity contribution in [3.05, 3.63) is 52.6 Å². The van der Waals surface area contributed by atoms with Crippen molar-refractivity contribution >= 4 is 27.7 Å². The number of carbonyl (C=O) groups excluding carboxylic acids is 1. The zero-order valence-electron chi connectivity index (χ0n) is 11.2. The van der Waals surface area contributed by atoms with Gasteiger partial charge in [-0.05, 0) is 23.6 Å². The van der Waals surface area contributed by atoms with Crippen LogP contribution in [0.5, 0.6) is 0 Å². The van der Waals surface area contributed by atoms with Crippen molar-refractivity contribution in [2.24, 2.45) is 0 Å². The molecule has 0 unspecified atom stereocenters. The summed E-state index contributed by atoms with van der Waals surface area (Å²) in [7, 11) is 0. The van der Waals surface area contributed by atoms with Crippen molar-refractivity contribution in [2.45, 2.75) is 30.1 Å². The summed E-state index contributed by atoms with van der Waals surface area (Å²) in [5.41, 5.74) is 4.71. The van der Waals surface area contributed by atoms with Crippen molar-refractivity contribution in [1.82, 2.24) is 0 Å². The fourth-order valence-electron chi connectivity index (χ4n) is 3.26. The Kier molecular flexibility index (Phi) is 2.78. The molecule has 4 nitrogen and oxygen atoms in total. The molecule has 0 spiro atoms. The van der Waals surface area contributed by atoms with Crippen LogP contribution in [0.4, 0.5) is 4.79 Å². The van der Waals surface area contributed by atoms with Crippen molar-refractivity contribution in [3.63, 3.8) is 0 Å². The highest BCUT2D eigenvalue weighted by Crippen LogP contribution is 2.47. The normalized spacial score (nSPS) is 33.0. The predicted octanol–water partition coefficient (Wildman–Crippen LogP) is 3.03. The number of aliphatic hydroxyl groups excluding tert-OH is 1. The Morgan fingerprint density at radius 3 is 2.81 bits per heavy atom. The minimum Gasteiger partial charge on any atom is -0.425 e. The molecule has 3 aliphatic rings. The summed E-state index contributed by atoms with van der Waals surface area (Å²) in [6, 6.07) is 5.89. The van der Waals surface area contributed by atoms with E-state index >= 15 is 0 Å². The molecule has 1 N–H and O–H groups in total. The van der Waals surface area contributed by atoms with Gasteiger partial charge in [0.2, 0.25) is 0 Å². The summed E-state index contributed by atoms with van der Waals surface area (Å²) < 4.78 is 10.6. The molecule has 4 atom stereocenters. The molecule has 1 aromatic rings. The van der Waals surface area contributed by atoms with Gasteiger partial charge in [0.05, 0.1) is 4.83 Å². The second kappa shape index (κ2) is 4.45. The molecule has 4 rings (SSSR count). The van der Waals surface area contributed by atoms with Crippen molar-refractivity contribution in [2.75, 3.05) is 0 Å². The van der Waals surface area contributed by atoms with Crippen LogP contribution in [0.15, 0.2) is 35.9 Å². The number of fused-ring (bicyclic) bond motifs is 2. The number of hydrogen-bond acceptors (Lipinski definition) is 4. The first-order valence-electron chi connectivity index (χ1n) is 6.79. The molecule has 1 fully saturated rings. The zero-order chi connectivity index (χ0) is 14.7. The average Bonchev–Trinajstić information content (AvgIpc) is 2.46. The maximum atomic E-state index is 11.7. The molecule has 1 aliphatic heterocycles. The van der Waals surface area contributed by atoms with Gasteiger partial charge in [-0.3, -0.25) is 0 Å². The third kappa shape index (κ3) is 1.80. The van der Waals surface area contributed by atoms with Crippen LogP contribution >= 0.6 is 15.9 Å². The molecule has 1 aromatic carbocycles. The number of hydrogen-bond donors (Lipinski definition) is 1. The van der Waals surface area contributed by atoms with E-state index in [2.05, 4.69) is 15.9 Å². The number of rotatable bonds is 0. The second-order valence-corrected chi connectivity index (χ2v) is 6.59. The zero-order valence-corrected chi connectivity index (χ0v) is 12.8. The van der Waals surface area contributed by atoms with E-state index in [1.807, 2.05) is 37.3 Å². The summed E-state index contributed by atoms with van der Waals surface area (Å²) in [6.45, 7) is 2.01. The Balaban J connectivity index is 1.98. The van der Waals surface area contributed by atoms with Crippen LogP contribution in [-0.2, 0) is 9.47 Å². The van der Waals surface area contributed by atoms with E-state index < -0.39 is 24.5 Å². The summed E-state index contributed by atoms with van der Waals surface area (Å²) in [5.74, 6) is 0. The third-order valence-electron chi connectivity index (χ3n) is 4.21. The Morgan fingerprint density at radius 1 is 1.24 bits per heavy atom. The van der Waals surface area contributed by atoms with Crippen molar-refractivity contribution in [1.29, 1.82) is 0 Å². The minimum absolute atomic E-state index is 0.106. The second-order valence-electron chi connectivity index (χ2n) is 5.54. The van der Waals surface area contributed by atoms with Gasteiger partial charge in [0.1, 0.15) is 12.2 Å². The maximum Gasteiger partial charge on any atom is 0.509 e. The van der Waals surface area contributed by atoms with Crippen molar-refractivity contribution < 1.29 is 19.4 Å². The molecule has 108 valence electrons. The van der Waals surface area contributed by atoms with E-state index in [0.29, 0.717) is 0 Å². The van der Waals surface area contributed by atoms with E-state index in [-0.39, 0.29) is 4.83 Å². The van der Waals surface area contributed by atoms with Crippen LogP contribution in [0.2, 0.25) is 0 Å². The molecule has 1 saturated heterocycles. The first kappa shape index (κ1) is 13.1. The number of allylic oxidation sites excluding steroid dienone is 2. The molecular weight excluding hydrogens is 336 g/mol. The molecule has 0 radical (unpaired) electrons. The molecule has 21 heavy (non-hydrogen) atoms. The molecular formula is C16H13BrO4. The summed E-state index contributed by atoms with van der Waals surface area (Å²) >= 11 is 3.50. The van der Waals surface area contributed by atoms with Gasteiger partial charge < -0.3 is 14.6 Å². The molecule has 0 amide bonds. The topological polar surface area (TPSA) is 55.8 Å². The van der Waals surface area contributed by atoms with Gasteiger partial charge in [-0.1, -0.05) is 51.8 Å². The number of carbonyl (C=O) groups is 1. The highest BCUT2D eigenvalue weighted by Gasteiger charge is 2.48. The van der Waals surface area contributed by atoms with Gasteiger partial charge >= 0.3 is 6.16 Å². The SMILES string of the molecule is Cc1ccc2c(c1)C1=C3[C@@H](OC(=O)O[C@@H]3[C@H]2O)[C@H](Br)C=C1. The lowest BCUT2D eigenvalue weighted by Crippen LogP contribution is -2.47. The molecule has 2 aliphatic carbocycles. The van der Waals surface area contributed by atoms with Gasteiger partial charge in [0, 0.05) is 5.57 Å². The van der Waals surface area contributed by atoms with Crippen LogP contribution in [0, 0.1) is 6.92 Å². The van der Waals surface area contributed by atoms with E-state index in [1.165, 1.54) is 0 Å². The van der Waals surface area contributed by atoms with Gasteiger partial charge in [-0.2, -0.15) is 0 Å². The lowest BCUT2D eigenvalue weighted by Gasteiger charge is -2.42. The number of aliphatic hydroxyl groups is 1. The Bertz CT molecular complexity index is 706. The minimum atomic E-state index is -0.860. The number of halogens is 1. The first-order chi connectivity index (χ1) is 10.1. The lowest BCUT2D eigenvalue weighted by molar-refractivity contribution is -0.0637. The average molecular weight is 349 g/mol. The van der Waals surface area contributed by atoms with Crippen LogP contribution in [0.1, 0.15) is 22.8 Å². The lowest BCUT2D eigenvalue weighted by atomic mass is 9.76. The standard InChI is InChI=1S/C16H13BrO4/c1-7-2-3-9-10(6-7)8-4-5-11(17)14-12(8)15(13(9)18)21-16(19)20-14/h2-6,11,13-15,18H,1H3/t11-,13+,14+,15+/m1/s1. The molecule has 0 saturated carbocycles. The number of benzene rings is 1. The number of ether oxygens (including phenoxy) is 2. The summed E-state index contributed by atoms with van der Waals surface area (Å²) in [4.78, 5) is 11.5. The van der Waals surface area contributed by atoms with Crippen molar-refractivity contribution in [3.8, 4) is 0 Å². The van der Waals surface area contributed by atoms with Gasteiger partial charge in [-0.25, -0.2) is 4.79 Å². The molecule has 0 aromatic heterocycles. The van der Waals surface area contributed by atoms with Crippen LogP contribution in [0.3, 0.4) is 0 Å². The van der Waals surface area contributed by atoms with Crippen LogP contribution in [0.25, 0.3) is 5.57 Å². The van der Waals surface area contributed by atoms with Crippen LogP contribution in [-0.4, -0.2) is 28.3 Å². The van der Waals surface area contributed by atoms with E-state index in [1.54, 1.807) is 0 Å². The maximum absolute atomic E-state index is 11.7. The third-order valence-corrected chi connectivity index (χ3v) is 5.00. The highest BCUT2D eigenvalue weighted by atomic mass is 79.9. The predicted molar refractivity (Wildman–Crippen MR) is 80.1 cm³/mol. The van der Waals surface area contributed by atoms with Gasteiger partial charge in [0.25, 0.3) is 0 Å². The van der Waals surface area contributed by atoms with E-state index in [4.69, 9.17) is 9.47 Å². The van der Waals surface area contributed by atoms with E-state index in [9.17, 15) is 9.90 Å². The van der Waals surface area contributed by atoms with Gasteiger partial charge in [-0.15, -0.1) is 0 Å². The Morgan fingerprint density at radius 2 is 2.00 bits per heavy atom. The summed E-state index contributed by atoms with van der Waals surface area (Å²) in [5, 5.41) is 10.6. The highest BCUT2D eigenvalue weighted by molar-refractivity contribution is 9.09. The Labute approximate surface area is 130 Å². The van der Waals surface area contributed by atoms with E-state index in [0.717, 1.165) is 27.8 Å². The molecule has 0 bridgehead atoms. The fraction of sp³-hybridized carbons (Fsp3) is 0.312. The smallest absolute Gasteiger partial charge is 0.425 e. The number of alkyl halides is 1. The number of aryl methyl sites for hydroxylation is 1. The Hall–Kier alpha value is -1.59. The first-order valence-corrected chi connectivity index (χ1v) is 7.70. The quantitative estimate of drug-likeness (QED) is 0.578. The largest absolute Gasteiger partial charge is 0.509 e. The fourth-order valence-corrected chi connectivity index (χ4v) is 3.80. The van der Waals surface area contributed by atoms with Gasteiger partial charge in [0.15, 0.2) is 6.10 Å². The summed E-state index contributed by atoms with van der Waals surface area (Å²) in [6.07, 6.45) is 1.27. The molecule has 5 heteroatoms.